The average molecular weight is 413 g/mol. The summed E-state index contributed by atoms with van der Waals surface area (Å²) in [5.74, 6) is 0.363. The summed E-state index contributed by atoms with van der Waals surface area (Å²) in [4.78, 5) is 23.1. The zero-order chi connectivity index (χ0) is 19.8. The maximum Gasteiger partial charge on any atom is 0.421 e. The first kappa shape index (κ1) is 19.4. The van der Waals surface area contributed by atoms with Crippen LogP contribution in [0.5, 0.6) is 5.75 Å². The number of amides is 1. The van der Waals surface area contributed by atoms with Gasteiger partial charge in [0, 0.05) is 6.04 Å². The van der Waals surface area contributed by atoms with Crippen LogP contribution in [0.4, 0.5) is 23.8 Å². The minimum absolute atomic E-state index is 0.00941. The summed E-state index contributed by atoms with van der Waals surface area (Å²) in [6, 6.07) is 6.98. The molecular formula is C17H14F3N3O2S2. The van der Waals surface area contributed by atoms with Gasteiger partial charge in [-0.25, -0.2) is 14.8 Å². The van der Waals surface area contributed by atoms with Crippen molar-refractivity contribution in [2.75, 3.05) is 4.90 Å². The Bertz CT molecular complexity index is 972. The van der Waals surface area contributed by atoms with Crippen molar-refractivity contribution in [2.24, 2.45) is 0 Å². The van der Waals surface area contributed by atoms with Crippen LogP contribution in [0, 0.1) is 0 Å². The standard InChI is InChI=1S/C17H14F3N3O2S2/c1-9(2)23(13-8-7-12-14(22-13)27-15(26)21-12)16(24)25-11-5-3-10(4-6-11)17(18,19)20/h3-9H,1-2H3,(H,21,26). The minimum atomic E-state index is -4.45. The number of hydrogen-bond acceptors (Lipinski definition) is 6. The van der Waals surface area contributed by atoms with Gasteiger partial charge in [-0.3, -0.25) is 4.90 Å². The van der Waals surface area contributed by atoms with Crippen molar-refractivity contribution in [1.82, 2.24) is 9.97 Å². The molecule has 10 heteroatoms. The second-order valence-corrected chi connectivity index (χ2v) is 7.55. The molecule has 0 aliphatic heterocycles. The van der Waals surface area contributed by atoms with Crippen LogP contribution in [0.15, 0.2) is 40.7 Å². The molecule has 3 rings (SSSR count). The molecule has 0 saturated carbocycles. The summed E-state index contributed by atoms with van der Waals surface area (Å²) >= 11 is 5.46. The second kappa shape index (κ2) is 7.35. The maximum atomic E-state index is 12.6. The fraction of sp³-hybridized carbons (Fsp3) is 0.235. The highest BCUT2D eigenvalue weighted by Gasteiger charge is 2.30. The first-order valence-electron chi connectivity index (χ1n) is 7.80. The second-order valence-electron chi connectivity index (χ2n) is 5.84. The van der Waals surface area contributed by atoms with Crippen LogP contribution in [-0.2, 0) is 6.18 Å². The molecule has 0 atom stereocenters. The lowest BCUT2D eigenvalue weighted by atomic mass is 10.2. The number of alkyl halides is 3. The molecule has 3 aromatic rings. The van der Waals surface area contributed by atoms with Crippen molar-refractivity contribution in [1.29, 1.82) is 0 Å². The summed E-state index contributed by atoms with van der Waals surface area (Å²) in [5.41, 5.74) is -0.156. The van der Waals surface area contributed by atoms with E-state index in [0.717, 1.165) is 24.3 Å². The molecule has 0 spiro atoms. The molecule has 27 heavy (non-hydrogen) atoms. The zero-order valence-electron chi connectivity index (χ0n) is 14.2. The topological polar surface area (TPSA) is 55.3 Å². The van der Waals surface area contributed by atoms with Gasteiger partial charge in [0.2, 0.25) is 0 Å². The lowest BCUT2D eigenvalue weighted by Crippen LogP contribution is -2.39. The van der Waals surface area contributed by atoms with Crippen LogP contribution in [-0.4, -0.2) is 22.1 Å². The highest BCUT2D eigenvalue weighted by Crippen LogP contribution is 2.31. The molecule has 0 fully saturated rings. The predicted octanol–water partition coefficient (Wildman–Crippen LogP) is 5.41. The molecule has 1 aromatic carbocycles. The van der Waals surface area contributed by atoms with E-state index in [4.69, 9.17) is 4.74 Å². The normalized spacial score (nSPS) is 11.8. The van der Waals surface area contributed by atoms with E-state index in [9.17, 15) is 18.0 Å². The molecule has 0 radical (unpaired) electrons. The van der Waals surface area contributed by atoms with Crippen molar-refractivity contribution >= 4 is 46.2 Å². The van der Waals surface area contributed by atoms with Gasteiger partial charge in [-0.15, -0.1) is 12.6 Å². The molecule has 0 aliphatic rings. The summed E-state index contributed by atoms with van der Waals surface area (Å²) in [7, 11) is 0. The number of pyridine rings is 1. The minimum Gasteiger partial charge on any atom is -0.410 e. The molecule has 2 heterocycles. The van der Waals surface area contributed by atoms with Gasteiger partial charge in [0.05, 0.1) is 5.56 Å². The van der Waals surface area contributed by atoms with Gasteiger partial charge in [-0.2, -0.15) is 13.2 Å². The fourth-order valence-electron chi connectivity index (χ4n) is 2.36. The number of thiazole rings is 1. The molecule has 5 nitrogen and oxygen atoms in total. The van der Waals surface area contributed by atoms with Crippen LogP contribution in [0.1, 0.15) is 19.4 Å². The van der Waals surface area contributed by atoms with E-state index in [0.29, 0.717) is 20.5 Å². The lowest BCUT2D eigenvalue weighted by Gasteiger charge is -2.24. The Hall–Kier alpha value is -2.33. The Balaban J connectivity index is 1.84. The Morgan fingerprint density at radius 3 is 2.41 bits per heavy atom. The third-order valence-electron chi connectivity index (χ3n) is 3.58. The number of hydrogen-bond donors (Lipinski definition) is 1. The smallest absolute Gasteiger partial charge is 0.410 e. The van der Waals surface area contributed by atoms with Crippen LogP contribution in [0.3, 0.4) is 0 Å². The van der Waals surface area contributed by atoms with Gasteiger partial charge in [-0.05, 0) is 50.2 Å². The molecular weight excluding hydrogens is 399 g/mol. The van der Waals surface area contributed by atoms with E-state index in [1.165, 1.54) is 16.2 Å². The summed E-state index contributed by atoms with van der Waals surface area (Å²) in [5, 5.41) is 0. The Morgan fingerprint density at radius 1 is 1.15 bits per heavy atom. The number of carbonyl (C=O) groups excluding carboxylic acids is 1. The predicted molar refractivity (Wildman–Crippen MR) is 99.8 cm³/mol. The van der Waals surface area contributed by atoms with Gasteiger partial charge in [0.25, 0.3) is 0 Å². The monoisotopic (exact) mass is 413 g/mol. The summed E-state index contributed by atoms with van der Waals surface area (Å²) in [6.07, 6.45) is -5.20. The largest absolute Gasteiger partial charge is 0.421 e. The van der Waals surface area contributed by atoms with Gasteiger partial charge in [0.15, 0.2) is 0 Å². The third kappa shape index (κ3) is 4.33. The molecule has 0 N–H and O–H groups in total. The van der Waals surface area contributed by atoms with E-state index in [-0.39, 0.29) is 11.8 Å². The number of nitrogens with zero attached hydrogens (tertiary/aromatic N) is 3. The van der Waals surface area contributed by atoms with Crippen LogP contribution < -0.4 is 9.64 Å². The van der Waals surface area contributed by atoms with E-state index in [1.807, 2.05) is 0 Å². The van der Waals surface area contributed by atoms with Gasteiger partial charge >= 0.3 is 12.3 Å². The summed E-state index contributed by atoms with van der Waals surface area (Å²) < 4.78 is 43.7. The van der Waals surface area contributed by atoms with E-state index >= 15 is 0 Å². The van der Waals surface area contributed by atoms with Crippen molar-refractivity contribution in [3.63, 3.8) is 0 Å². The number of ether oxygens (including phenoxy) is 1. The Kier molecular flexibility index (Phi) is 5.29. The number of anilines is 1. The van der Waals surface area contributed by atoms with Crippen LogP contribution >= 0.6 is 24.0 Å². The van der Waals surface area contributed by atoms with E-state index in [1.54, 1.807) is 26.0 Å². The lowest BCUT2D eigenvalue weighted by molar-refractivity contribution is -0.137. The number of thiol groups is 1. The van der Waals surface area contributed by atoms with Gasteiger partial charge in [0.1, 0.15) is 26.3 Å². The number of rotatable bonds is 3. The highest BCUT2D eigenvalue weighted by molar-refractivity contribution is 7.82. The summed E-state index contributed by atoms with van der Waals surface area (Å²) in [6.45, 7) is 3.55. The molecule has 2 aromatic heterocycles. The fourth-order valence-corrected chi connectivity index (χ4v) is 3.40. The van der Waals surface area contributed by atoms with Crippen molar-refractivity contribution < 1.29 is 22.7 Å². The Morgan fingerprint density at radius 2 is 1.81 bits per heavy atom. The number of benzene rings is 1. The number of fused-ring (bicyclic) bond motifs is 1. The van der Waals surface area contributed by atoms with Crippen LogP contribution in [0.25, 0.3) is 10.3 Å². The van der Waals surface area contributed by atoms with Crippen molar-refractivity contribution in [3.05, 3.63) is 42.0 Å². The first-order valence-corrected chi connectivity index (χ1v) is 9.06. The number of carbonyl (C=O) groups is 1. The van der Waals surface area contributed by atoms with Gasteiger partial charge < -0.3 is 4.74 Å². The third-order valence-corrected chi connectivity index (χ3v) is 4.72. The van der Waals surface area contributed by atoms with Crippen molar-refractivity contribution in [3.8, 4) is 5.75 Å². The Labute approximate surface area is 162 Å². The number of halogens is 3. The molecule has 142 valence electrons. The quantitative estimate of drug-likeness (QED) is 0.583. The van der Waals surface area contributed by atoms with Crippen LogP contribution in [0.2, 0.25) is 0 Å². The van der Waals surface area contributed by atoms with E-state index in [2.05, 4.69) is 22.6 Å². The maximum absolute atomic E-state index is 12.6. The molecule has 0 aliphatic carbocycles. The SMILES string of the molecule is CC(C)N(C(=O)Oc1ccc(C(F)(F)F)cc1)c1ccc2nc(S)sc2n1. The molecule has 0 unspecified atom stereocenters. The van der Waals surface area contributed by atoms with Crippen molar-refractivity contribution in [2.45, 2.75) is 30.4 Å². The molecule has 1 amide bonds. The highest BCUT2D eigenvalue weighted by atomic mass is 32.2. The first-order chi connectivity index (χ1) is 12.6. The molecule has 0 saturated heterocycles. The average Bonchev–Trinajstić information content (AvgIpc) is 2.93. The van der Waals surface area contributed by atoms with E-state index < -0.39 is 17.8 Å². The van der Waals surface area contributed by atoms with Gasteiger partial charge in [-0.1, -0.05) is 11.3 Å². The zero-order valence-corrected chi connectivity index (χ0v) is 15.9. The molecule has 0 bridgehead atoms. The number of aromatic nitrogens is 2.